The van der Waals surface area contributed by atoms with E-state index in [0.29, 0.717) is 43.0 Å². The monoisotopic (exact) mass is 575 g/mol. The van der Waals surface area contributed by atoms with Crippen molar-refractivity contribution in [1.82, 2.24) is 14.9 Å². The van der Waals surface area contributed by atoms with Crippen LogP contribution in [0, 0.1) is 11.7 Å². The van der Waals surface area contributed by atoms with Gasteiger partial charge in [0.15, 0.2) is 6.23 Å². The Bertz CT molecular complexity index is 996. The number of aliphatic hydroxyl groups excluding tert-OH is 2. The zero-order valence-corrected chi connectivity index (χ0v) is 22.1. The van der Waals surface area contributed by atoms with E-state index in [1.807, 2.05) is 6.92 Å². The first-order chi connectivity index (χ1) is 16.5. The van der Waals surface area contributed by atoms with Gasteiger partial charge in [0.25, 0.3) is 5.56 Å². The van der Waals surface area contributed by atoms with Crippen LogP contribution in [-0.4, -0.2) is 75.2 Å². The second-order valence-corrected chi connectivity index (χ2v) is 8.58. The molecule has 2 rings (SSSR count). The van der Waals surface area contributed by atoms with E-state index in [1.165, 1.54) is 0 Å². The molecule has 37 heavy (non-hydrogen) atoms. The average molecular weight is 576 g/mol. The molecule has 0 aliphatic carbocycles. The van der Waals surface area contributed by atoms with Crippen LogP contribution in [0.4, 0.5) is 4.39 Å². The van der Waals surface area contributed by atoms with Crippen LogP contribution >= 0.6 is 24.8 Å². The van der Waals surface area contributed by atoms with Gasteiger partial charge >= 0.3 is 11.7 Å². The normalized spacial score (nSPS) is 23.2. The molecule has 0 saturated carbocycles. The average Bonchev–Trinajstić information content (AvgIpc) is 3.11. The van der Waals surface area contributed by atoms with Gasteiger partial charge in [0.05, 0.1) is 12.2 Å². The van der Waals surface area contributed by atoms with Gasteiger partial charge in [-0.25, -0.2) is 9.59 Å². The van der Waals surface area contributed by atoms with Gasteiger partial charge < -0.3 is 36.5 Å². The van der Waals surface area contributed by atoms with Gasteiger partial charge in [-0.3, -0.25) is 19.1 Å². The van der Waals surface area contributed by atoms with Crippen molar-refractivity contribution < 1.29 is 33.7 Å². The van der Waals surface area contributed by atoms with Crippen LogP contribution in [0.3, 0.4) is 0 Å². The van der Waals surface area contributed by atoms with E-state index in [-0.39, 0.29) is 30.7 Å². The number of hydrogen-bond acceptors (Lipinski definition) is 10. The zero-order chi connectivity index (χ0) is 26.3. The Balaban J connectivity index is 0.00000648. The van der Waals surface area contributed by atoms with Crippen molar-refractivity contribution in [2.24, 2.45) is 17.4 Å². The Morgan fingerprint density at radius 2 is 1.92 bits per heavy atom. The number of nitrogens with one attached hydrogen (secondary N) is 2. The number of H-pyrrole nitrogens is 1. The van der Waals surface area contributed by atoms with Gasteiger partial charge in [-0.05, 0) is 25.3 Å². The second-order valence-electron chi connectivity index (χ2n) is 8.58. The van der Waals surface area contributed by atoms with Crippen molar-refractivity contribution in [2.45, 2.75) is 76.2 Å². The molecule has 2 unspecified atom stereocenters. The molecule has 13 nitrogen and oxygen atoms in total. The fourth-order valence-electron chi connectivity index (χ4n) is 3.57. The first kappa shape index (κ1) is 34.9. The molecule has 1 aromatic heterocycles. The van der Waals surface area contributed by atoms with Crippen LogP contribution in [-0.2, 0) is 19.1 Å². The number of unbranched alkanes of at least 4 members (excludes halogenated alkanes) is 1. The van der Waals surface area contributed by atoms with E-state index >= 15 is 0 Å². The molecule has 1 aromatic rings. The lowest BCUT2D eigenvalue weighted by Crippen LogP contribution is -2.52. The number of amides is 1. The number of halogens is 3. The number of nitrogens with zero attached hydrogens (tertiary/aromatic N) is 1. The van der Waals surface area contributed by atoms with Crippen molar-refractivity contribution >= 4 is 36.7 Å². The first-order valence-electron chi connectivity index (χ1n) is 11.5. The molecular weight excluding hydrogens is 540 g/mol. The van der Waals surface area contributed by atoms with E-state index in [9.17, 15) is 33.8 Å². The Labute approximate surface area is 224 Å². The van der Waals surface area contributed by atoms with Gasteiger partial charge in [-0.15, -0.1) is 24.8 Å². The number of aliphatic hydroxyl groups is 2. The van der Waals surface area contributed by atoms with Crippen LogP contribution in [0.5, 0.6) is 0 Å². The molecular formula is C21H36Cl2FN5O8. The maximum atomic E-state index is 13.6. The Kier molecular flexibility index (Phi) is 15.1. The molecule has 214 valence electrons. The first-order valence-corrected chi connectivity index (χ1v) is 11.5. The summed E-state index contributed by atoms with van der Waals surface area (Å²) >= 11 is 0. The number of nitrogens with two attached hydrogens (primary N) is 2. The van der Waals surface area contributed by atoms with Crippen molar-refractivity contribution in [3.8, 4) is 0 Å². The minimum atomic E-state index is -1.68. The van der Waals surface area contributed by atoms with Crippen LogP contribution in [0.1, 0.15) is 45.8 Å². The number of ether oxygens (including phenoxy) is 2. The number of esters is 1. The smallest absolute Gasteiger partial charge is 0.330 e. The third-order valence-corrected chi connectivity index (χ3v) is 6.00. The van der Waals surface area contributed by atoms with Gasteiger partial charge in [0.2, 0.25) is 11.7 Å². The van der Waals surface area contributed by atoms with Crippen molar-refractivity contribution in [1.29, 1.82) is 0 Å². The molecule has 1 aliphatic rings. The highest BCUT2D eigenvalue weighted by Crippen LogP contribution is 2.28. The lowest BCUT2D eigenvalue weighted by molar-refractivity contribution is -0.155. The number of carbonyl (C=O) groups is 2. The summed E-state index contributed by atoms with van der Waals surface area (Å²) in [5, 5.41) is 23.2. The summed E-state index contributed by atoms with van der Waals surface area (Å²) in [6, 6.07) is -1.85. The number of rotatable bonds is 12. The van der Waals surface area contributed by atoms with Crippen LogP contribution < -0.4 is 28.0 Å². The summed E-state index contributed by atoms with van der Waals surface area (Å²) in [5.74, 6) is -2.92. The van der Waals surface area contributed by atoms with E-state index in [4.69, 9.17) is 20.9 Å². The molecule has 1 amide bonds. The summed E-state index contributed by atoms with van der Waals surface area (Å²) < 4.78 is 24.9. The molecule has 7 atom stereocenters. The highest BCUT2D eigenvalue weighted by Gasteiger charge is 2.45. The third-order valence-electron chi connectivity index (χ3n) is 6.00. The molecule has 1 saturated heterocycles. The van der Waals surface area contributed by atoms with Crippen molar-refractivity contribution in [2.75, 3.05) is 13.2 Å². The van der Waals surface area contributed by atoms with Gasteiger partial charge in [0, 0.05) is 0 Å². The molecule has 0 bridgehead atoms. The SMILES string of the molecule is CC[C@H](C)[C@H](NC(=O)[C@@H](N)CCCCN)C(=O)OC[C@@H]1O[C@H](n2cc(F)c(=O)[nH]c2=O)C(O)C1O.Cl.Cl. The third kappa shape index (κ3) is 9.02. The summed E-state index contributed by atoms with van der Waals surface area (Å²) in [4.78, 5) is 50.1. The molecule has 1 fully saturated rings. The van der Waals surface area contributed by atoms with Gasteiger partial charge in [0.1, 0.15) is 31.0 Å². The van der Waals surface area contributed by atoms with Crippen LogP contribution in [0.2, 0.25) is 0 Å². The summed E-state index contributed by atoms with van der Waals surface area (Å²) in [6.07, 6.45) is -3.23. The fourth-order valence-corrected chi connectivity index (χ4v) is 3.57. The minimum Gasteiger partial charge on any atom is -0.461 e. The zero-order valence-electron chi connectivity index (χ0n) is 20.5. The van der Waals surface area contributed by atoms with Gasteiger partial charge in [-0.2, -0.15) is 4.39 Å². The predicted molar refractivity (Wildman–Crippen MR) is 135 cm³/mol. The van der Waals surface area contributed by atoms with E-state index in [2.05, 4.69) is 5.32 Å². The Morgan fingerprint density at radius 3 is 2.51 bits per heavy atom. The summed E-state index contributed by atoms with van der Waals surface area (Å²) in [6.45, 7) is 3.51. The molecule has 0 radical (unpaired) electrons. The number of hydrogen-bond donors (Lipinski definition) is 6. The number of carbonyl (C=O) groups excluding carboxylic acids is 2. The molecule has 8 N–H and O–H groups in total. The maximum Gasteiger partial charge on any atom is 0.330 e. The van der Waals surface area contributed by atoms with E-state index in [0.717, 1.165) is 0 Å². The van der Waals surface area contributed by atoms with E-state index in [1.54, 1.807) is 11.9 Å². The van der Waals surface area contributed by atoms with Crippen LogP contribution in [0.25, 0.3) is 0 Å². The minimum absolute atomic E-state index is 0. The molecule has 2 heterocycles. The Hall–Kier alpha value is -2.07. The molecule has 1 aliphatic heterocycles. The number of aromatic amines is 1. The molecule has 0 spiro atoms. The molecule has 16 heteroatoms. The lowest BCUT2D eigenvalue weighted by atomic mass is 9.98. The second kappa shape index (κ2) is 16.0. The lowest BCUT2D eigenvalue weighted by Gasteiger charge is -2.25. The summed E-state index contributed by atoms with van der Waals surface area (Å²) in [7, 11) is 0. The largest absolute Gasteiger partial charge is 0.461 e. The maximum absolute atomic E-state index is 13.6. The Morgan fingerprint density at radius 1 is 1.27 bits per heavy atom. The van der Waals surface area contributed by atoms with Crippen LogP contribution in [0.15, 0.2) is 15.8 Å². The topological polar surface area (TPSA) is 212 Å². The van der Waals surface area contributed by atoms with Gasteiger partial charge in [-0.1, -0.05) is 26.7 Å². The highest BCUT2D eigenvalue weighted by molar-refractivity contribution is 5.87. The standard InChI is InChI=1S/C21H34FN5O8.2ClH/c1-3-10(2)14(25-18(31)12(24)6-4-5-7-23)20(32)34-9-13-15(28)16(29)19(35-13)27-8-11(22)17(30)26-21(27)33;;/h8,10,12-16,19,28-29H,3-7,9,23-24H2,1-2H3,(H,25,31)(H,26,30,33);2*1H/t10-,12-,13-,14-,15?,16?,19-;;/m0../s1. The van der Waals surface area contributed by atoms with E-state index < -0.39 is 72.2 Å². The van der Waals surface area contributed by atoms with Crippen molar-refractivity contribution in [3.05, 3.63) is 32.9 Å². The predicted octanol–water partition coefficient (Wildman–Crippen LogP) is -1.33. The quantitative estimate of drug-likeness (QED) is 0.127. The molecule has 0 aromatic carbocycles. The fraction of sp³-hybridized carbons (Fsp3) is 0.714. The summed E-state index contributed by atoms with van der Waals surface area (Å²) in [5.41, 5.74) is 9.02. The van der Waals surface area contributed by atoms with Crippen molar-refractivity contribution in [3.63, 3.8) is 0 Å². The number of aromatic nitrogens is 2. The highest BCUT2D eigenvalue weighted by atomic mass is 35.5.